The fourth-order valence-corrected chi connectivity index (χ4v) is 3.69. The molecule has 24 heavy (non-hydrogen) atoms. The summed E-state index contributed by atoms with van der Waals surface area (Å²) in [5.41, 5.74) is 3.83. The van der Waals surface area contributed by atoms with Gasteiger partial charge in [-0.1, -0.05) is 30.3 Å². The summed E-state index contributed by atoms with van der Waals surface area (Å²) in [6, 6.07) is 11.3. The van der Waals surface area contributed by atoms with E-state index in [-0.39, 0.29) is 0 Å². The van der Waals surface area contributed by atoms with Gasteiger partial charge in [0.25, 0.3) is 0 Å². The van der Waals surface area contributed by atoms with Crippen molar-refractivity contribution < 1.29 is 0 Å². The van der Waals surface area contributed by atoms with Crippen LogP contribution in [0.3, 0.4) is 0 Å². The van der Waals surface area contributed by atoms with Gasteiger partial charge in [-0.3, -0.25) is 9.58 Å². The molecule has 1 aromatic heterocycles. The second-order valence-corrected chi connectivity index (χ2v) is 6.99. The Kier molecular flexibility index (Phi) is 5.21. The van der Waals surface area contributed by atoms with Crippen LogP contribution in [-0.2, 0) is 20.1 Å². The van der Waals surface area contributed by atoms with Gasteiger partial charge in [0.05, 0.1) is 5.69 Å². The number of benzene rings is 1. The van der Waals surface area contributed by atoms with Gasteiger partial charge < -0.3 is 10.2 Å². The summed E-state index contributed by atoms with van der Waals surface area (Å²) in [7, 11) is 6.18. The van der Waals surface area contributed by atoms with Crippen molar-refractivity contribution >= 4 is 5.82 Å². The van der Waals surface area contributed by atoms with Crippen LogP contribution >= 0.6 is 0 Å². The summed E-state index contributed by atoms with van der Waals surface area (Å²) < 4.78 is 1.97. The van der Waals surface area contributed by atoms with Crippen molar-refractivity contribution in [3.05, 3.63) is 47.2 Å². The molecule has 0 radical (unpaired) electrons. The van der Waals surface area contributed by atoms with Crippen LogP contribution in [0.4, 0.5) is 5.82 Å². The number of hydrogen-bond donors (Lipinski definition) is 1. The van der Waals surface area contributed by atoms with E-state index in [1.165, 1.54) is 29.9 Å². The lowest BCUT2D eigenvalue weighted by atomic mass is 10.2. The minimum atomic E-state index is 0.559. The van der Waals surface area contributed by atoms with E-state index in [4.69, 9.17) is 0 Å². The number of aromatic nitrogens is 2. The highest BCUT2D eigenvalue weighted by molar-refractivity contribution is 5.48. The summed E-state index contributed by atoms with van der Waals surface area (Å²) in [5.74, 6) is 1.19. The Morgan fingerprint density at radius 2 is 2.00 bits per heavy atom. The Morgan fingerprint density at radius 1 is 1.25 bits per heavy atom. The van der Waals surface area contributed by atoms with Crippen LogP contribution in [-0.4, -0.2) is 47.9 Å². The third-order valence-electron chi connectivity index (χ3n) is 4.83. The molecular weight excluding hydrogens is 298 g/mol. The van der Waals surface area contributed by atoms with E-state index in [9.17, 15) is 0 Å². The van der Waals surface area contributed by atoms with Gasteiger partial charge in [-0.05, 0) is 18.9 Å². The van der Waals surface area contributed by atoms with Crippen LogP contribution in [0.15, 0.2) is 30.3 Å². The lowest BCUT2D eigenvalue weighted by Crippen LogP contribution is -2.32. The first kappa shape index (κ1) is 17.0. The molecule has 0 unspecified atom stereocenters. The predicted molar refractivity (Wildman–Crippen MR) is 99.2 cm³/mol. The zero-order valence-corrected chi connectivity index (χ0v) is 15.3. The molecule has 1 fully saturated rings. The number of nitrogens with zero attached hydrogens (tertiary/aromatic N) is 4. The van der Waals surface area contributed by atoms with Crippen LogP contribution in [0.5, 0.6) is 0 Å². The third kappa shape index (κ3) is 3.79. The highest BCUT2D eigenvalue weighted by Crippen LogP contribution is 2.22. The highest BCUT2D eigenvalue weighted by atomic mass is 15.4. The Hall–Kier alpha value is -1.85. The van der Waals surface area contributed by atoms with Gasteiger partial charge in [0.15, 0.2) is 0 Å². The molecule has 1 N–H and O–H groups in total. The Morgan fingerprint density at radius 3 is 2.71 bits per heavy atom. The number of likely N-dealkylation sites (tertiary alicyclic amines) is 1. The van der Waals surface area contributed by atoms with Crippen LogP contribution in [0, 0.1) is 6.92 Å². The first-order chi connectivity index (χ1) is 11.5. The Labute approximate surface area is 145 Å². The summed E-state index contributed by atoms with van der Waals surface area (Å²) in [5, 5.41) is 8.31. The molecule has 1 saturated heterocycles. The molecule has 1 atom stereocenters. The van der Waals surface area contributed by atoms with Crippen molar-refractivity contribution in [1.29, 1.82) is 0 Å². The van der Waals surface area contributed by atoms with Crippen LogP contribution in [0.1, 0.15) is 23.2 Å². The number of nitrogens with one attached hydrogen (secondary N) is 1. The van der Waals surface area contributed by atoms with E-state index >= 15 is 0 Å². The average Bonchev–Trinajstić information content (AvgIpc) is 3.10. The molecule has 5 nitrogen and oxygen atoms in total. The van der Waals surface area contributed by atoms with Crippen molar-refractivity contribution in [3.8, 4) is 0 Å². The Balaban J connectivity index is 1.55. The number of anilines is 1. The molecule has 0 spiro atoms. The highest BCUT2D eigenvalue weighted by Gasteiger charge is 2.23. The molecule has 0 aliphatic carbocycles. The maximum atomic E-state index is 4.57. The topological polar surface area (TPSA) is 36.3 Å². The van der Waals surface area contributed by atoms with Crippen LogP contribution in [0.25, 0.3) is 0 Å². The number of rotatable bonds is 6. The summed E-state index contributed by atoms with van der Waals surface area (Å²) in [6.45, 7) is 6.32. The first-order valence-electron chi connectivity index (χ1n) is 8.74. The molecule has 2 heterocycles. The van der Waals surface area contributed by atoms with Crippen molar-refractivity contribution in [3.63, 3.8) is 0 Å². The van der Waals surface area contributed by atoms with E-state index in [1.54, 1.807) is 0 Å². The molecule has 1 aliphatic rings. The minimum absolute atomic E-state index is 0.559. The SMILES string of the molecule is Cc1nn(C)c(N(C)C)c1CN[C@H]1CCN(Cc2ccccc2)C1. The standard InChI is InChI=1S/C19H29N5/c1-15-18(19(22(2)3)23(4)21-15)12-20-17-10-11-24(14-17)13-16-8-6-5-7-9-16/h5-9,17,20H,10-14H2,1-4H3/t17-/m0/s1. The average molecular weight is 327 g/mol. The van der Waals surface area contributed by atoms with E-state index < -0.39 is 0 Å². The van der Waals surface area contributed by atoms with Gasteiger partial charge >= 0.3 is 0 Å². The van der Waals surface area contributed by atoms with Crippen molar-refractivity contribution in [1.82, 2.24) is 20.0 Å². The second kappa shape index (κ2) is 7.36. The summed E-state index contributed by atoms with van der Waals surface area (Å²) in [6.07, 6.45) is 1.21. The molecule has 1 aliphatic heterocycles. The molecule has 1 aromatic carbocycles. The minimum Gasteiger partial charge on any atom is -0.363 e. The zero-order chi connectivity index (χ0) is 17.1. The lowest BCUT2D eigenvalue weighted by Gasteiger charge is -2.19. The zero-order valence-electron chi connectivity index (χ0n) is 15.3. The van der Waals surface area contributed by atoms with Crippen LogP contribution in [0.2, 0.25) is 0 Å². The third-order valence-corrected chi connectivity index (χ3v) is 4.83. The quantitative estimate of drug-likeness (QED) is 0.882. The monoisotopic (exact) mass is 327 g/mol. The molecule has 5 heteroatoms. The van der Waals surface area contributed by atoms with E-state index in [0.29, 0.717) is 6.04 Å². The molecule has 0 bridgehead atoms. The lowest BCUT2D eigenvalue weighted by molar-refractivity contribution is 0.320. The van der Waals surface area contributed by atoms with Crippen molar-refractivity contribution in [2.45, 2.75) is 32.5 Å². The molecular formula is C19H29N5. The predicted octanol–water partition coefficient (Wildman–Crippen LogP) is 2.16. The normalized spacial score (nSPS) is 18.2. The van der Waals surface area contributed by atoms with E-state index in [0.717, 1.165) is 25.3 Å². The van der Waals surface area contributed by atoms with Crippen molar-refractivity contribution in [2.24, 2.45) is 7.05 Å². The Bertz CT molecular complexity index is 662. The fourth-order valence-electron chi connectivity index (χ4n) is 3.69. The molecule has 2 aromatic rings. The first-order valence-corrected chi connectivity index (χ1v) is 8.74. The van der Waals surface area contributed by atoms with Crippen molar-refractivity contribution in [2.75, 3.05) is 32.1 Å². The number of hydrogen-bond acceptors (Lipinski definition) is 4. The molecule has 3 rings (SSSR count). The smallest absolute Gasteiger partial charge is 0.130 e. The van der Waals surface area contributed by atoms with E-state index in [2.05, 4.69) is 71.6 Å². The largest absolute Gasteiger partial charge is 0.363 e. The molecule has 0 saturated carbocycles. The van der Waals surface area contributed by atoms with Gasteiger partial charge in [-0.15, -0.1) is 0 Å². The van der Waals surface area contributed by atoms with Gasteiger partial charge in [0.1, 0.15) is 5.82 Å². The molecule has 130 valence electrons. The van der Waals surface area contributed by atoms with Gasteiger partial charge in [-0.2, -0.15) is 5.10 Å². The van der Waals surface area contributed by atoms with E-state index in [1.807, 2.05) is 11.7 Å². The van der Waals surface area contributed by atoms with Crippen LogP contribution < -0.4 is 10.2 Å². The fraction of sp³-hybridized carbons (Fsp3) is 0.526. The summed E-state index contributed by atoms with van der Waals surface area (Å²) >= 11 is 0. The summed E-state index contributed by atoms with van der Waals surface area (Å²) in [4.78, 5) is 4.68. The van der Waals surface area contributed by atoms with Gasteiger partial charge in [0, 0.05) is 58.9 Å². The second-order valence-electron chi connectivity index (χ2n) is 6.99. The van der Waals surface area contributed by atoms with Gasteiger partial charge in [0.2, 0.25) is 0 Å². The number of aryl methyl sites for hydroxylation is 2. The van der Waals surface area contributed by atoms with Gasteiger partial charge in [-0.25, -0.2) is 0 Å². The maximum Gasteiger partial charge on any atom is 0.130 e. The maximum absolute atomic E-state index is 4.57. The molecule has 0 amide bonds.